The minimum absolute atomic E-state index is 0.205. The van der Waals surface area contributed by atoms with Crippen LogP contribution < -0.4 is 11.1 Å². The Balaban J connectivity index is 2.71. The maximum atomic E-state index is 13.2. The number of rotatable bonds is 6. The van der Waals surface area contributed by atoms with Gasteiger partial charge >= 0.3 is 0 Å². The van der Waals surface area contributed by atoms with Crippen molar-refractivity contribution in [3.63, 3.8) is 0 Å². The lowest BCUT2D eigenvalue weighted by Crippen LogP contribution is -2.32. The number of hydrogen-bond donors (Lipinski definition) is 2. The van der Waals surface area contributed by atoms with Crippen molar-refractivity contribution >= 4 is 17.7 Å². The summed E-state index contributed by atoms with van der Waals surface area (Å²) in [6.45, 7) is 3.37. The summed E-state index contributed by atoms with van der Waals surface area (Å²) in [5, 5.41) is 3.01. The lowest BCUT2D eigenvalue weighted by atomic mass is 10.1. The molecular weight excluding hydrogens is 249 g/mol. The van der Waals surface area contributed by atoms with Gasteiger partial charge in [-0.25, -0.2) is 9.38 Å². The molecule has 0 fully saturated rings. The Hall–Kier alpha value is -1.23. The zero-order valence-electron chi connectivity index (χ0n) is 10.9. The Morgan fingerprint density at radius 1 is 1.44 bits per heavy atom. The van der Waals surface area contributed by atoms with Crippen LogP contribution >= 0.6 is 11.8 Å². The van der Waals surface area contributed by atoms with Gasteiger partial charge in [0.15, 0.2) is 5.96 Å². The van der Waals surface area contributed by atoms with E-state index in [4.69, 9.17) is 5.73 Å². The van der Waals surface area contributed by atoms with Gasteiger partial charge in [0.05, 0.1) is 6.54 Å². The van der Waals surface area contributed by atoms with E-state index in [0.717, 1.165) is 29.8 Å². The number of hydrogen-bond acceptors (Lipinski definition) is 2. The first kappa shape index (κ1) is 14.8. The van der Waals surface area contributed by atoms with Crippen LogP contribution in [0.25, 0.3) is 0 Å². The molecule has 0 unspecified atom stereocenters. The first-order valence-corrected chi connectivity index (χ1v) is 7.36. The number of aliphatic imine (C=N–C) groups is 1. The Bertz CT molecular complexity index is 407. The van der Waals surface area contributed by atoms with E-state index in [1.54, 1.807) is 23.9 Å². The predicted octanol–water partition coefficient (Wildman–Crippen LogP) is 2.50. The molecule has 0 saturated carbocycles. The molecule has 1 aromatic rings. The van der Waals surface area contributed by atoms with E-state index < -0.39 is 0 Å². The van der Waals surface area contributed by atoms with Gasteiger partial charge in [0, 0.05) is 12.3 Å². The Morgan fingerprint density at radius 3 is 2.89 bits per heavy atom. The molecule has 0 amide bonds. The van der Waals surface area contributed by atoms with Gasteiger partial charge < -0.3 is 11.1 Å². The summed E-state index contributed by atoms with van der Waals surface area (Å²) in [5.41, 5.74) is 7.72. The predicted molar refractivity (Wildman–Crippen MR) is 77.2 cm³/mol. The molecular formula is C13H20FN3S. The van der Waals surface area contributed by atoms with Gasteiger partial charge in [0.1, 0.15) is 5.82 Å². The maximum absolute atomic E-state index is 13.2. The Morgan fingerprint density at radius 2 is 2.22 bits per heavy atom. The monoisotopic (exact) mass is 269 g/mol. The first-order chi connectivity index (χ1) is 8.67. The average Bonchev–Trinajstić information content (AvgIpc) is 2.36. The highest BCUT2D eigenvalue weighted by molar-refractivity contribution is 7.97. The van der Waals surface area contributed by atoms with E-state index in [1.165, 1.54) is 6.07 Å². The SMILES string of the molecule is CCCNC(N)=NCc1ccc(F)cc1CSC. The molecule has 18 heavy (non-hydrogen) atoms. The zero-order valence-corrected chi connectivity index (χ0v) is 11.7. The van der Waals surface area contributed by atoms with Gasteiger partial charge in [0.25, 0.3) is 0 Å². The quantitative estimate of drug-likeness (QED) is 0.616. The maximum Gasteiger partial charge on any atom is 0.188 e. The van der Waals surface area contributed by atoms with Crippen molar-refractivity contribution in [2.24, 2.45) is 10.7 Å². The molecule has 0 aromatic heterocycles. The number of benzene rings is 1. The van der Waals surface area contributed by atoms with Crippen molar-refractivity contribution in [3.8, 4) is 0 Å². The van der Waals surface area contributed by atoms with Crippen molar-refractivity contribution in [2.75, 3.05) is 12.8 Å². The van der Waals surface area contributed by atoms with E-state index in [2.05, 4.69) is 17.2 Å². The molecule has 100 valence electrons. The molecule has 0 saturated heterocycles. The molecule has 0 aliphatic heterocycles. The molecule has 0 aliphatic rings. The standard InChI is InChI=1S/C13H20FN3S/c1-3-6-16-13(15)17-8-10-4-5-12(14)7-11(10)9-18-2/h4-5,7H,3,6,8-9H2,1-2H3,(H3,15,16,17). The van der Waals surface area contributed by atoms with Crippen molar-refractivity contribution in [1.82, 2.24) is 5.32 Å². The summed E-state index contributed by atoms with van der Waals surface area (Å²) >= 11 is 1.66. The van der Waals surface area contributed by atoms with E-state index in [9.17, 15) is 4.39 Å². The topological polar surface area (TPSA) is 50.4 Å². The normalized spacial score (nSPS) is 11.6. The minimum Gasteiger partial charge on any atom is -0.370 e. The highest BCUT2D eigenvalue weighted by atomic mass is 32.2. The van der Waals surface area contributed by atoms with Crippen LogP contribution in [0.1, 0.15) is 24.5 Å². The van der Waals surface area contributed by atoms with Crippen LogP contribution in [-0.4, -0.2) is 18.8 Å². The Labute approximate surface area is 112 Å². The molecule has 0 bridgehead atoms. The number of halogens is 1. The van der Waals surface area contributed by atoms with Crippen LogP contribution in [0.2, 0.25) is 0 Å². The molecule has 3 N–H and O–H groups in total. The number of nitrogens with zero attached hydrogens (tertiary/aromatic N) is 1. The van der Waals surface area contributed by atoms with Crippen LogP contribution in [0.3, 0.4) is 0 Å². The second-order valence-corrected chi connectivity index (χ2v) is 4.84. The molecule has 1 aromatic carbocycles. The Kier molecular flexibility index (Phi) is 6.57. The minimum atomic E-state index is -0.205. The zero-order chi connectivity index (χ0) is 13.4. The second kappa shape index (κ2) is 7.97. The number of guanidine groups is 1. The molecule has 5 heteroatoms. The fourth-order valence-corrected chi connectivity index (χ4v) is 2.10. The van der Waals surface area contributed by atoms with Crippen molar-refractivity contribution in [1.29, 1.82) is 0 Å². The molecule has 0 atom stereocenters. The van der Waals surface area contributed by atoms with Crippen LogP contribution in [0.4, 0.5) is 4.39 Å². The summed E-state index contributed by atoms with van der Waals surface area (Å²) in [5.74, 6) is 1.02. The van der Waals surface area contributed by atoms with Crippen molar-refractivity contribution < 1.29 is 4.39 Å². The van der Waals surface area contributed by atoms with E-state index in [-0.39, 0.29) is 5.82 Å². The third-order valence-corrected chi connectivity index (χ3v) is 3.04. The van der Waals surface area contributed by atoms with Crippen LogP contribution in [0, 0.1) is 5.82 Å². The fraction of sp³-hybridized carbons (Fsp3) is 0.462. The van der Waals surface area contributed by atoms with E-state index in [1.807, 2.05) is 6.26 Å². The van der Waals surface area contributed by atoms with Gasteiger partial charge in [-0.3, -0.25) is 0 Å². The number of thioether (sulfide) groups is 1. The summed E-state index contributed by atoms with van der Waals surface area (Å²) < 4.78 is 13.2. The van der Waals surface area contributed by atoms with Crippen LogP contribution in [-0.2, 0) is 12.3 Å². The van der Waals surface area contributed by atoms with Crippen molar-refractivity contribution in [2.45, 2.75) is 25.6 Å². The fourth-order valence-electron chi connectivity index (χ4n) is 1.52. The summed E-state index contributed by atoms with van der Waals surface area (Å²) in [7, 11) is 0. The summed E-state index contributed by atoms with van der Waals surface area (Å²) in [6.07, 6.45) is 3.00. The largest absolute Gasteiger partial charge is 0.370 e. The number of nitrogens with one attached hydrogen (secondary N) is 1. The molecule has 0 spiro atoms. The van der Waals surface area contributed by atoms with Gasteiger partial charge in [0.2, 0.25) is 0 Å². The third-order valence-electron chi connectivity index (χ3n) is 2.44. The highest BCUT2D eigenvalue weighted by Gasteiger charge is 2.03. The summed E-state index contributed by atoms with van der Waals surface area (Å²) in [4.78, 5) is 4.26. The molecule has 0 radical (unpaired) electrons. The second-order valence-electron chi connectivity index (χ2n) is 3.97. The van der Waals surface area contributed by atoms with E-state index in [0.29, 0.717) is 12.5 Å². The number of nitrogens with two attached hydrogens (primary N) is 1. The van der Waals surface area contributed by atoms with Crippen LogP contribution in [0.15, 0.2) is 23.2 Å². The molecule has 0 heterocycles. The first-order valence-electron chi connectivity index (χ1n) is 5.97. The summed E-state index contributed by atoms with van der Waals surface area (Å²) in [6, 6.07) is 4.80. The molecule has 0 aliphatic carbocycles. The van der Waals surface area contributed by atoms with Crippen LogP contribution in [0.5, 0.6) is 0 Å². The van der Waals surface area contributed by atoms with Gasteiger partial charge in [-0.05, 0) is 35.9 Å². The smallest absolute Gasteiger partial charge is 0.188 e. The average molecular weight is 269 g/mol. The lowest BCUT2D eigenvalue weighted by Gasteiger charge is -2.08. The van der Waals surface area contributed by atoms with Gasteiger partial charge in [-0.15, -0.1) is 0 Å². The molecule has 1 rings (SSSR count). The highest BCUT2D eigenvalue weighted by Crippen LogP contribution is 2.17. The van der Waals surface area contributed by atoms with Crippen molar-refractivity contribution in [3.05, 3.63) is 35.1 Å². The lowest BCUT2D eigenvalue weighted by molar-refractivity contribution is 0.625. The van der Waals surface area contributed by atoms with Gasteiger partial charge in [-0.2, -0.15) is 11.8 Å². The van der Waals surface area contributed by atoms with Gasteiger partial charge in [-0.1, -0.05) is 13.0 Å². The van der Waals surface area contributed by atoms with E-state index >= 15 is 0 Å². The third kappa shape index (κ3) is 4.96. The molecule has 3 nitrogen and oxygen atoms in total.